The number of amides is 2. The molecule has 26 heavy (non-hydrogen) atoms. The van der Waals surface area contributed by atoms with Crippen LogP contribution in [0.3, 0.4) is 0 Å². The molecule has 1 N–H and O–H groups in total. The van der Waals surface area contributed by atoms with Crippen molar-refractivity contribution >= 4 is 18.0 Å². The molecule has 1 heterocycles. The van der Waals surface area contributed by atoms with Crippen LogP contribution in [-0.4, -0.2) is 53.7 Å². The lowest BCUT2D eigenvalue weighted by atomic mass is 10.1. The maximum absolute atomic E-state index is 13.1. The van der Waals surface area contributed by atoms with E-state index in [0.717, 1.165) is 0 Å². The second-order valence-electron chi connectivity index (χ2n) is 7.26. The molecule has 2 amide bonds. The molecule has 7 heteroatoms. The number of nitrogens with zero attached hydrogens (tertiary/aromatic N) is 1. The molecule has 1 fully saturated rings. The molecule has 7 nitrogen and oxygen atoms in total. The number of esters is 1. The van der Waals surface area contributed by atoms with Gasteiger partial charge in [-0.3, -0.25) is 4.79 Å². The first-order chi connectivity index (χ1) is 12.1. The van der Waals surface area contributed by atoms with Crippen molar-refractivity contribution in [1.82, 2.24) is 10.2 Å². The predicted octanol–water partition coefficient (Wildman–Crippen LogP) is 2.56. The summed E-state index contributed by atoms with van der Waals surface area (Å²) in [4.78, 5) is 38.8. The van der Waals surface area contributed by atoms with Crippen LogP contribution in [0, 0.1) is 0 Å². The van der Waals surface area contributed by atoms with Crippen LogP contribution in [0.25, 0.3) is 0 Å². The highest BCUT2D eigenvalue weighted by Gasteiger charge is 2.43. The van der Waals surface area contributed by atoms with Crippen LogP contribution < -0.4 is 5.32 Å². The van der Waals surface area contributed by atoms with E-state index in [1.807, 2.05) is 0 Å². The lowest BCUT2D eigenvalue weighted by Gasteiger charge is -2.32. The summed E-state index contributed by atoms with van der Waals surface area (Å²) in [6.45, 7) is 12.6. The van der Waals surface area contributed by atoms with E-state index in [-0.39, 0.29) is 18.4 Å². The summed E-state index contributed by atoms with van der Waals surface area (Å²) in [6.07, 6.45) is 4.55. The average molecular weight is 366 g/mol. The summed E-state index contributed by atoms with van der Waals surface area (Å²) >= 11 is 0. The Morgan fingerprint density at radius 2 is 1.88 bits per heavy atom. The van der Waals surface area contributed by atoms with Crippen molar-refractivity contribution in [2.24, 2.45) is 0 Å². The molecule has 1 saturated heterocycles. The minimum Gasteiger partial charge on any atom is -0.467 e. The lowest BCUT2D eigenvalue weighted by Crippen LogP contribution is -2.54. The van der Waals surface area contributed by atoms with Gasteiger partial charge in [-0.25, -0.2) is 9.59 Å². The largest absolute Gasteiger partial charge is 0.467 e. The summed E-state index contributed by atoms with van der Waals surface area (Å²) in [5.74, 6) is -0.810. The Bertz CT molecular complexity index is 553. The summed E-state index contributed by atoms with van der Waals surface area (Å²) in [5.41, 5.74) is -0.681. The van der Waals surface area contributed by atoms with Crippen molar-refractivity contribution in [2.45, 2.75) is 70.2 Å². The number of hydrogen-bond donors (Lipinski definition) is 1. The van der Waals surface area contributed by atoms with Crippen molar-refractivity contribution in [3.8, 4) is 0 Å². The Balaban J connectivity index is 3.01. The first-order valence-corrected chi connectivity index (χ1v) is 8.76. The van der Waals surface area contributed by atoms with E-state index in [9.17, 15) is 14.4 Å². The molecule has 3 unspecified atom stereocenters. The van der Waals surface area contributed by atoms with E-state index in [0.29, 0.717) is 19.3 Å². The third kappa shape index (κ3) is 5.89. The Morgan fingerprint density at radius 3 is 2.38 bits per heavy atom. The van der Waals surface area contributed by atoms with Crippen LogP contribution in [0.2, 0.25) is 0 Å². The highest BCUT2D eigenvalue weighted by atomic mass is 16.6. The van der Waals surface area contributed by atoms with Gasteiger partial charge in [0.05, 0.1) is 7.11 Å². The Morgan fingerprint density at radius 1 is 1.23 bits per heavy atom. The van der Waals surface area contributed by atoms with E-state index >= 15 is 0 Å². The fourth-order valence-electron chi connectivity index (χ4n) is 3.03. The summed E-state index contributed by atoms with van der Waals surface area (Å²) in [7, 11) is 1.30. The zero-order valence-electron chi connectivity index (χ0n) is 16.1. The van der Waals surface area contributed by atoms with Gasteiger partial charge in [0.15, 0.2) is 0 Å². The van der Waals surface area contributed by atoms with Crippen LogP contribution in [-0.2, 0) is 19.1 Å². The minimum atomic E-state index is -0.861. The second kappa shape index (κ2) is 9.40. The van der Waals surface area contributed by atoms with Gasteiger partial charge in [0, 0.05) is 6.04 Å². The zero-order chi connectivity index (χ0) is 19.9. The van der Waals surface area contributed by atoms with Gasteiger partial charge in [-0.1, -0.05) is 12.2 Å². The van der Waals surface area contributed by atoms with Gasteiger partial charge < -0.3 is 19.7 Å². The summed E-state index contributed by atoms with van der Waals surface area (Å²) < 4.78 is 10.1. The van der Waals surface area contributed by atoms with Gasteiger partial charge in [0.2, 0.25) is 5.91 Å². The number of carbonyl (C=O) groups is 3. The van der Waals surface area contributed by atoms with E-state index in [1.165, 1.54) is 12.0 Å². The molecule has 1 rings (SSSR count). The number of alkyl carbamates (subject to hydrolysis) is 1. The third-order valence-electron chi connectivity index (χ3n) is 4.06. The molecule has 0 bridgehead atoms. The van der Waals surface area contributed by atoms with Crippen LogP contribution >= 0.6 is 0 Å². The first kappa shape index (κ1) is 21.7. The van der Waals surface area contributed by atoms with Crippen molar-refractivity contribution in [3.05, 3.63) is 25.3 Å². The van der Waals surface area contributed by atoms with Crippen molar-refractivity contribution < 1.29 is 23.9 Å². The van der Waals surface area contributed by atoms with Gasteiger partial charge in [-0.15, -0.1) is 13.2 Å². The first-order valence-electron chi connectivity index (χ1n) is 8.76. The van der Waals surface area contributed by atoms with Gasteiger partial charge in [-0.2, -0.15) is 0 Å². The molecule has 0 radical (unpaired) electrons. The Kier molecular flexibility index (Phi) is 7.86. The maximum atomic E-state index is 13.1. The van der Waals surface area contributed by atoms with Crippen LogP contribution in [0.5, 0.6) is 0 Å². The molecule has 1 aliphatic rings. The highest BCUT2D eigenvalue weighted by Crippen LogP contribution is 2.28. The third-order valence-corrected chi connectivity index (χ3v) is 4.06. The lowest BCUT2D eigenvalue weighted by molar-refractivity contribution is -0.153. The number of ether oxygens (including phenoxy) is 2. The highest BCUT2D eigenvalue weighted by molar-refractivity contribution is 5.90. The minimum absolute atomic E-state index is 0.156. The van der Waals surface area contributed by atoms with Crippen LogP contribution in [0.1, 0.15) is 46.5 Å². The predicted molar refractivity (Wildman–Crippen MR) is 98.5 cm³/mol. The van der Waals surface area contributed by atoms with E-state index in [1.54, 1.807) is 32.9 Å². The zero-order valence-corrected chi connectivity index (χ0v) is 16.1. The van der Waals surface area contributed by atoms with Crippen LogP contribution in [0.15, 0.2) is 25.3 Å². The molecule has 0 spiro atoms. The SMILES string of the molecule is C=CCC(NC(=O)OC(C)(C)C)C(=O)N1C(CC=C)CCC1C(=O)OC. The number of carbonyl (C=O) groups excluding carboxylic acids is 3. The number of methoxy groups -OCH3 is 1. The fraction of sp³-hybridized carbons (Fsp3) is 0.632. The number of nitrogens with one attached hydrogen (secondary N) is 1. The van der Waals surface area contributed by atoms with Gasteiger partial charge in [0.25, 0.3) is 0 Å². The fourth-order valence-corrected chi connectivity index (χ4v) is 3.03. The van der Waals surface area contributed by atoms with Gasteiger partial charge in [0.1, 0.15) is 17.7 Å². The summed E-state index contributed by atoms with van der Waals surface area (Å²) in [5, 5.41) is 2.59. The molecule has 3 atom stereocenters. The molecule has 0 aromatic rings. The van der Waals surface area contributed by atoms with Gasteiger partial charge in [-0.05, 0) is 46.5 Å². The van der Waals surface area contributed by atoms with Crippen molar-refractivity contribution in [1.29, 1.82) is 0 Å². The molecule has 146 valence electrons. The van der Waals surface area contributed by atoms with Crippen molar-refractivity contribution in [3.63, 3.8) is 0 Å². The average Bonchev–Trinajstić information content (AvgIpc) is 2.95. The van der Waals surface area contributed by atoms with Crippen molar-refractivity contribution in [2.75, 3.05) is 7.11 Å². The normalized spacial score (nSPS) is 20.8. The van der Waals surface area contributed by atoms with Gasteiger partial charge >= 0.3 is 12.1 Å². The van der Waals surface area contributed by atoms with E-state index < -0.39 is 29.7 Å². The molecular formula is C19H30N2O5. The molecular weight excluding hydrogens is 336 g/mol. The van der Waals surface area contributed by atoms with E-state index in [2.05, 4.69) is 18.5 Å². The standard InChI is InChI=1S/C19H30N2O5/c1-7-9-13-11-12-15(17(23)25-6)21(13)16(22)14(10-8-2)20-18(24)26-19(3,4)5/h7-8,13-15H,1-2,9-12H2,3-6H3,(H,20,24). The number of rotatable bonds is 7. The molecule has 0 aromatic carbocycles. The Labute approximate surface area is 155 Å². The summed E-state index contributed by atoms with van der Waals surface area (Å²) in [6, 6.07) is -1.68. The maximum Gasteiger partial charge on any atom is 0.408 e. The quantitative estimate of drug-likeness (QED) is 0.553. The molecule has 1 aliphatic heterocycles. The van der Waals surface area contributed by atoms with Crippen LogP contribution in [0.4, 0.5) is 4.79 Å². The van der Waals surface area contributed by atoms with E-state index in [4.69, 9.17) is 9.47 Å². The smallest absolute Gasteiger partial charge is 0.408 e. The molecule has 0 saturated carbocycles. The number of likely N-dealkylation sites (tertiary alicyclic amines) is 1. The second-order valence-corrected chi connectivity index (χ2v) is 7.26. The molecule has 0 aromatic heterocycles. The monoisotopic (exact) mass is 366 g/mol. The molecule has 0 aliphatic carbocycles. The number of hydrogen-bond acceptors (Lipinski definition) is 5. The Hall–Kier alpha value is -2.31. The topological polar surface area (TPSA) is 84.9 Å².